The molecule has 0 atom stereocenters. The molecule has 31 heavy (non-hydrogen) atoms. The quantitative estimate of drug-likeness (QED) is 0.623. The Balaban J connectivity index is 1.78. The van der Waals surface area contributed by atoms with Gasteiger partial charge in [0.25, 0.3) is 17.4 Å². The van der Waals surface area contributed by atoms with Crippen molar-refractivity contribution >= 4 is 29.1 Å². The topological polar surface area (TPSA) is 80.2 Å². The van der Waals surface area contributed by atoms with Crippen molar-refractivity contribution in [3.63, 3.8) is 0 Å². The molecule has 0 aliphatic heterocycles. The standard InChI is InChI=1S/C24H24ClN3O3/c1-24(2,3)27-23(31)16-8-6-9-19(13-16)26-22(30)18-11-12-21(29)28(15-18)14-17-7-4-5-10-20(17)25/h4-13,15H,14H2,1-3H3,(H,26,30)(H,27,31). The number of carbonyl (C=O) groups is 2. The monoisotopic (exact) mass is 437 g/mol. The van der Waals surface area contributed by atoms with E-state index >= 15 is 0 Å². The van der Waals surface area contributed by atoms with Crippen LogP contribution in [0.5, 0.6) is 0 Å². The fraction of sp³-hybridized carbons (Fsp3) is 0.208. The third-order valence-corrected chi connectivity index (χ3v) is 4.78. The first-order valence-corrected chi connectivity index (χ1v) is 10.2. The van der Waals surface area contributed by atoms with Crippen LogP contribution in [0.1, 0.15) is 47.1 Å². The zero-order valence-corrected chi connectivity index (χ0v) is 18.4. The van der Waals surface area contributed by atoms with E-state index in [0.717, 1.165) is 5.56 Å². The summed E-state index contributed by atoms with van der Waals surface area (Å²) in [5, 5.41) is 6.22. The summed E-state index contributed by atoms with van der Waals surface area (Å²) in [6.07, 6.45) is 1.50. The highest BCUT2D eigenvalue weighted by molar-refractivity contribution is 6.31. The molecule has 2 aromatic carbocycles. The van der Waals surface area contributed by atoms with Gasteiger partial charge in [0.15, 0.2) is 0 Å². The van der Waals surface area contributed by atoms with E-state index in [1.807, 2.05) is 39.0 Å². The molecule has 0 aliphatic carbocycles. The molecule has 0 spiro atoms. The van der Waals surface area contributed by atoms with E-state index in [1.54, 1.807) is 30.3 Å². The number of aromatic nitrogens is 1. The molecule has 0 radical (unpaired) electrons. The average Bonchev–Trinajstić information content (AvgIpc) is 2.70. The van der Waals surface area contributed by atoms with E-state index in [2.05, 4.69) is 10.6 Å². The van der Waals surface area contributed by atoms with Crippen molar-refractivity contribution in [1.82, 2.24) is 9.88 Å². The Morgan fingerprint density at radius 3 is 2.39 bits per heavy atom. The molecule has 7 heteroatoms. The van der Waals surface area contributed by atoms with Crippen LogP contribution in [0.2, 0.25) is 5.02 Å². The third kappa shape index (κ3) is 6.06. The van der Waals surface area contributed by atoms with Gasteiger partial charge in [0.1, 0.15) is 0 Å². The van der Waals surface area contributed by atoms with Crippen LogP contribution in [0.4, 0.5) is 5.69 Å². The number of nitrogens with one attached hydrogen (secondary N) is 2. The SMILES string of the molecule is CC(C)(C)NC(=O)c1cccc(NC(=O)c2ccc(=O)n(Cc3ccccc3Cl)c2)c1. The largest absolute Gasteiger partial charge is 0.347 e. The summed E-state index contributed by atoms with van der Waals surface area (Å²) in [6.45, 7) is 5.94. The van der Waals surface area contributed by atoms with Crippen molar-refractivity contribution in [3.05, 3.63) is 98.9 Å². The predicted octanol–water partition coefficient (Wildman–Crippen LogP) is 4.33. The third-order valence-electron chi connectivity index (χ3n) is 4.42. The maximum atomic E-state index is 12.8. The fourth-order valence-electron chi connectivity index (χ4n) is 2.95. The highest BCUT2D eigenvalue weighted by Gasteiger charge is 2.16. The smallest absolute Gasteiger partial charge is 0.257 e. The second-order valence-corrected chi connectivity index (χ2v) is 8.62. The molecule has 1 heterocycles. The minimum Gasteiger partial charge on any atom is -0.347 e. The Kier molecular flexibility index (Phi) is 6.61. The lowest BCUT2D eigenvalue weighted by atomic mass is 10.1. The Morgan fingerprint density at radius 1 is 0.935 bits per heavy atom. The van der Waals surface area contributed by atoms with Gasteiger partial charge in [0.05, 0.1) is 12.1 Å². The van der Waals surface area contributed by atoms with Gasteiger partial charge in [-0.2, -0.15) is 0 Å². The number of hydrogen-bond donors (Lipinski definition) is 2. The summed E-state index contributed by atoms with van der Waals surface area (Å²) in [5.41, 5.74) is 1.41. The van der Waals surface area contributed by atoms with Gasteiger partial charge in [-0.25, -0.2) is 0 Å². The van der Waals surface area contributed by atoms with E-state index in [9.17, 15) is 14.4 Å². The van der Waals surface area contributed by atoms with Crippen molar-refractivity contribution in [2.24, 2.45) is 0 Å². The van der Waals surface area contributed by atoms with Crippen molar-refractivity contribution < 1.29 is 9.59 Å². The molecule has 0 bridgehead atoms. The Labute approximate surface area is 185 Å². The molecule has 0 saturated carbocycles. The molecule has 0 unspecified atom stereocenters. The van der Waals surface area contributed by atoms with Crippen LogP contribution in [-0.4, -0.2) is 21.9 Å². The van der Waals surface area contributed by atoms with E-state index in [1.165, 1.54) is 22.9 Å². The van der Waals surface area contributed by atoms with Gasteiger partial charge in [0, 0.05) is 34.1 Å². The van der Waals surface area contributed by atoms with Crippen LogP contribution in [0.3, 0.4) is 0 Å². The van der Waals surface area contributed by atoms with Crippen molar-refractivity contribution in [2.45, 2.75) is 32.9 Å². The molecule has 3 rings (SSSR count). The summed E-state index contributed by atoms with van der Waals surface area (Å²) in [4.78, 5) is 37.4. The summed E-state index contributed by atoms with van der Waals surface area (Å²) in [6, 6.07) is 16.7. The van der Waals surface area contributed by atoms with Gasteiger partial charge < -0.3 is 15.2 Å². The molecule has 0 fully saturated rings. The second-order valence-electron chi connectivity index (χ2n) is 8.21. The zero-order chi connectivity index (χ0) is 22.6. The molecule has 6 nitrogen and oxygen atoms in total. The van der Waals surface area contributed by atoms with E-state index in [0.29, 0.717) is 21.8 Å². The number of rotatable bonds is 5. The minimum atomic E-state index is -0.388. The zero-order valence-electron chi connectivity index (χ0n) is 17.6. The molecule has 1 aromatic heterocycles. The van der Waals surface area contributed by atoms with Gasteiger partial charge in [-0.3, -0.25) is 14.4 Å². The lowest BCUT2D eigenvalue weighted by Crippen LogP contribution is -2.40. The van der Waals surface area contributed by atoms with Gasteiger partial charge in [-0.1, -0.05) is 35.9 Å². The fourth-order valence-corrected chi connectivity index (χ4v) is 3.15. The summed E-state index contributed by atoms with van der Waals surface area (Å²) in [5.74, 6) is -0.613. The molecule has 2 amide bonds. The number of carbonyl (C=O) groups excluding carboxylic acids is 2. The molecule has 0 aliphatic rings. The lowest BCUT2D eigenvalue weighted by Gasteiger charge is -2.20. The Morgan fingerprint density at radius 2 is 1.68 bits per heavy atom. The van der Waals surface area contributed by atoms with E-state index < -0.39 is 0 Å². The van der Waals surface area contributed by atoms with Crippen molar-refractivity contribution in [2.75, 3.05) is 5.32 Å². The molecule has 2 N–H and O–H groups in total. The van der Waals surface area contributed by atoms with Crippen LogP contribution < -0.4 is 16.2 Å². The number of halogens is 1. The Hall–Kier alpha value is -3.38. The second kappa shape index (κ2) is 9.18. The lowest BCUT2D eigenvalue weighted by molar-refractivity contribution is 0.0918. The maximum absolute atomic E-state index is 12.8. The van der Waals surface area contributed by atoms with Crippen LogP contribution in [0.25, 0.3) is 0 Å². The number of amides is 2. The first-order valence-electron chi connectivity index (χ1n) is 9.80. The van der Waals surface area contributed by atoms with E-state index in [-0.39, 0.29) is 29.5 Å². The summed E-state index contributed by atoms with van der Waals surface area (Å²) in [7, 11) is 0. The number of nitrogens with zero attached hydrogens (tertiary/aromatic N) is 1. The van der Waals surface area contributed by atoms with E-state index in [4.69, 9.17) is 11.6 Å². The molecule has 0 saturated heterocycles. The van der Waals surface area contributed by atoms with Crippen LogP contribution >= 0.6 is 11.6 Å². The van der Waals surface area contributed by atoms with Gasteiger partial charge in [-0.05, 0) is 56.7 Å². The minimum absolute atomic E-state index is 0.225. The average molecular weight is 438 g/mol. The highest BCUT2D eigenvalue weighted by Crippen LogP contribution is 2.16. The summed E-state index contributed by atoms with van der Waals surface area (Å²) < 4.78 is 1.43. The molecule has 160 valence electrons. The Bertz CT molecular complexity index is 1180. The number of pyridine rings is 1. The van der Waals surface area contributed by atoms with Crippen molar-refractivity contribution in [1.29, 1.82) is 0 Å². The highest BCUT2D eigenvalue weighted by atomic mass is 35.5. The van der Waals surface area contributed by atoms with Crippen LogP contribution in [0.15, 0.2) is 71.7 Å². The van der Waals surface area contributed by atoms with Gasteiger partial charge in [0.2, 0.25) is 0 Å². The van der Waals surface area contributed by atoms with Crippen LogP contribution in [-0.2, 0) is 6.54 Å². The number of anilines is 1. The van der Waals surface area contributed by atoms with Gasteiger partial charge >= 0.3 is 0 Å². The molecule has 3 aromatic rings. The molecular weight excluding hydrogens is 414 g/mol. The normalized spacial score (nSPS) is 11.1. The van der Waals surface area contributed by atoms with Crippen LogP contribution in [0, 0.1) is 0 Å². The first kappa shape index (κ1) is 22.3. The van der Waals surface area contributed by atoms with Crippen molar-refractivity contribution in [3.8, 4) is 0 Å². The summed E-state index contributed by atoms with van der Waals surface area (Å²) >= 11 is 6.19. The molecular formula is C24H24ClN3O3. The first-order chi connectivity index (χ1) is 14.6. The maximum Gasteiger partial charge on any atom is 0.257 e. The van der Waals surface area contributed by atoms with Gasteiger partial charge in [-0.15, -0.1) is 0 Å². The predicted molar refractivity (Wildman–Crippen MR) is 123 cm³/mol. The number of benzene rings is 2. The number of hydrogen-bond acceptors (Lipinski definition) is 3.